The molecule has 1 aliphatic rings. The molecule has 150 valence electrons. The number of likely N-dealkylation sites (tertiary alicyclic amines) is 1. The lowest BCUT2D eigenvalue weighted by Gasteiger charge is -2.32. The predicted molar refractivity (Wildman–Crippen MR) is 105 cm³/mol. The Balaban J connectivity index is 1.65. The second-order valence-corrected chi connectivity index (χ2v) is 7.46. The first-order chi connectivity index (χ1) is 13.4. The summed E-state index contributed by atoms with van der Waals surface area (Å²) in [5, 5.41) is 7.11. The molecule has 0 bridgehead atoms. The molecule has 28 heavy (non-hydrogen) atoms. The van der Waals surface area contributed by atoms with Gasteiger partial charge in [0.05, 0.1) is 6.54 Å². The van der Waals surface area contributed by atoms with Crippen LogP contribution in [0.3, 0.4) is 0 Å². The third-order valence-corrected chi connectivity index (χ3v) is 5.07. The van der Waals surface area contributed by atoms with E-state index in [1.807, 2.05) is 19.9 Å². The Kier molecular flexibility index (Phi) is 5.96. The van der Waals surface area contributed by atoms with Crippen LogP contribution in [-0.2, 0) is 11.8 Å². The van der Waals surface area contributed by atoms with Crippen molar-refractivity contribution in [1.82, 2.24) is 24.6 Å². The standard InChI is InChI=1S/C20H27N5O3/c1-14(2)25-18(22-23(3)20(25)28)16-10-7-11-24(13-16)17(26)12-21-19(27)15-8-5-4-6-9-15/h4-6,8-9,14,16H,7,10-13H2,1-3H3,(H,21,27). The fraction of sp³-hybridized carbons (Fsp3) is 0.500. The molecular weight excluding hydrogens is 358 g/mol. The third-order valence-electron chi connectivity index (χ3n) is 5.07. The lowest BCUT2D eigenvalue weighted by Crippen LogP contribution is -2.45. The minimum atomic E-state index is -0.263. The number of benzene rings is 1. The lowest BCUT2D eigenvalue weighted by atomic mass is 9.96. The molecule has 0 saturated carbocycles. The minimum Gasteiger partial charge on any atom is -0.343 e. The van der Waals surface area contributed by atoms with E-state index in [1.54, 1.807) is 40.8 Å². The summed E-state index contributed by atoms with van der Waals surface area (Å²) in [7, 11) is 1.65. The van der Waals surface area contributed by atoms with Crippen LogP contribution in [-0.4, -0.2) is 50.7 Å². The lowest BCUT2D eigenvalue weighted by molar-refractivity contribution is -0.131. The molecule has 1 aliphatic heterocycles. The first-order valence-electron chi connectivity index (χ1n) is 9.65. The molecule has 0 aliphatic carbocycles. The molecule has 1 N–H and O–H groups in total. The van der Waals surface area contributed by atoms with Crippen LogP contribution in [0.4, 0.5) is 0 Å². The van der Waals surface area contributed by atoms with Crippen molar-refractivity contribution < 1.29 is 9.59 Å². The van der Waals surface area contributed by atoms with Gasteiger partial charge in [-0.1, -0.05) is 18.2 Å². The minimum absolute atomic E-state index is 0.00689. The number of carbonyl (C=O) groups excluding carboxylic acids is 2. The summed E-state index contributed by atoms with van der Waals surface area (Å²) in [5.74, 6) is 0.358. The van der Waals surface area contributed by atoms with E-state index in [9.17, 15) is 14.4 Å². The first kappa shape index (κ1) is 19.9. The largest absolute Gasteiger partial charge is 0.345 e. The SMILES string of the molecule is CC(C)n1c(C2CCCN(C(=O)CNC(=O)c3ccccc3)C2)nn(C)c1=O. The first-order valence-corrected chi connectivity index (χ1v) is 9.65. The molecule has 2 amide bonds. The average molecular weight is 385 g/mol. The zero-order chi connectivity index (χ0) is 20.3. The van der Waals surface area contributed by atoms with E-state index >= 15 is 0 Å². The van der Waals surface area contributed by atoms with Crippen LogP contribution >= 0.6 is 0 Å². The molecule has 1 aromatic heterocycles. The van der Waals surface area contributed by atoms with Crippen LogP contribution in [0, 0.1) is 0 Å². The Bertz CT molecular complexity index is 900. The van der Waals surface area contributed by atoms with Crippen molar-refractivity contribution in [2.45, 2.75) is 38.6 Å². The number of hydrogen-bond acceptors (Lipinski definition) is 4. The van der Waals surface area contributed by atoms with Gasteiger partial charge in [-0.2, -0.15) is 5.10 Å². The summed E-state index contributed by atoms with van der Waals surface area (Å²) in [4.78, 5) is 38.9. The highest BCUT2D eigenvalue weighted by atomic mass is 16.2. The fourth-order valence-electron chi connectivity index (χ4n) is 3.64. The second-order valence-electron chi connectivity index (χ2n) is 7.46. The highest BCUT2D eigenvalue weighted by Crippen LogP contribution is 2.26. The molecule has 1 fully saturated rings. The zero-order valence-corrected chi connectivity index (χ0v) is 16.6. The summed E-state index contributed by atoms with van der Waals surface area (Å²) >= 11 is 0. The van der Waals surface area contributed by atoms with Gasteiger partial charge in [-0.15, -0.1) is 0 Å². The molecule has 1 atom stereocenters. The predicted octanol–water partition coefficient (Wildman–Crippen LogP) is 1.30. The van der Waals surface area contributed by atoms with Crippen molar-refractivity contribution >= 4 is 11.8 Å². The Morgan fingerprint density at radius 3 is 2.64 bits per heavy atom. The summed E-state index contributed by atoms with van der Waals surface area (Å²) in [6, 6.07) is 8.84. The quantitative estimate of drug-likeness (QED) is 0.840. The number of rotatable bonds is 5. The number of aromatic nitrogens is 3. The molecule has 1 aromatic carbocycles. The Labute approximate surface area is 164 Å². The van der Waals surface area contributed by atoms with Gasteiger partial charge in [0, 0.05) is 37.7 Å². The fourth-order valence-corrected chi connectivity index (χ4v) is 3.64. The van der Waals surface area contributed by atoms with Gasteiger partial charge < -0.3 is 10.2 Å². The van der Waals surface area contributed by atoms with Gasteiger partial charge >= 0.3 is 5.69 Å². The zero-order valence-electron chi connectivity index (χ0n) is 16.6. The highest BCUT2D eigenvalue weighted by molar-refractivity contribution is 5.96. The summed E-state index contributed by atoms with van der Waals surface area (Å²) < 4.78 is 3.06. The molecule has 0 radical (unpaired) electrons. The van der Waals surface area contributed by atoms with Gasteiger partial charge in [0.15, 0.2) is 0 Å². The molecule has 8 nitrogen and oxygen atoms in total. The maximum atomic E-state index is 12.6. The van der Waals surface area contributed by atoms with Crippen molar-refractivity contribution in [3.05, 3.63) is 52.2 Å². The highest BCUT2D eigenvalue weighted by Gasteiger charge is 2.29. The van der Waals surface area contributed by atoms with Crippen molar-refractivity contribution in [3.8, 4) is 0 Å². The van der Waals surface area contributed by atoms with Crippen LogP contribution in [0.15, 0.2) is 35.1 Å². The van der Waals surface area contributed by atoms with Crippen LogP contribution in [0.5, 0.6) is 0 Å². The van der Waals surface area contributed by atoms with Gasteiger partial charge in [-0.3, -0.25) is 14.2 Å². The Morgan fingerprint density at radius 2 is 1.96 bits per heavy atom. The number of amides is 2. The maximum Gasteiger partial charge on any atom is 0.345 e. The van der Waals surface area contributed by atoms with Gasteiger partial charge in [-0.25, -0.2) is 9.48 Å². The molecule has 2 heterocycles. The van der Waals surface area contributed by atoms with Gasteiger partial charge in [0.25, 0.3) is 5.91 Å². The number of aryl methyl sites for hydroxylation is 1. The molecule has 1 saturated heterocycles. The van der Waals surface area contributed by atoms with Gasteiger partial charge in [-0.05, 0) is 38.8 Å². The molecule has 2 aromatic rings. The molecule has 3 rings (SSSR count). The molecule has 1 unspecified atom stereocenters. The maximum absolute atomic E-state index is 12.6. The number of piperidine rings is 1. The molecule has 8 heteroatoms. The number of nitrogens with one attached hydrogen (secondary N) is 1. The number of hydrogen-bond donors (Lipinski definition) is 1. The Morgan fingerprint density at radius 1 is 1.25 bits per heavy atom. The van der Waals surface area contributed by atoms with E-state index in [2.05, 4.69) is 10.4 Å². The van der Waals surface area contributed by atoms with Gasteiger partial charge in [0.2, 0.25) is 5.91 Å². The van der Waals surface area contributed by atoms with E-state index < -0.39 is 0 Å². The molecular formula is C20H27N5O3. The number of carbonyl (C=O) groups is 2. The second kappa shape index (κ2) is 8.41. The Hall–Kier alpha value is -2.90. The van der Waals surface area contributed by atoms with Crippen LogP contribution in [0.2, 0.25) is 0 Å². The van der Waals surface area contributed by atoms with Crippen LogP contribution < -0.4 is 11.0 Å². The average Bonchev–Trinajstić information content (AvgIpc) is 3.01. The van der Waals surface area contributed by atoms with E-state index in [4.69, 9.17) is 0 Å². The van der Waals surface area contributed by atoms with Gasteiger partial charge in [0.1, 0.15) is 5.82 Å². The van der Waals surface area contributed by atoms with Crippen molar-refractivity contribution in [2.75, 3.05) is 19.6 Å². The van der Waals surface area contributed by atoms with E-state index in [0.29, 0.717) is 18.7 Å². The summed E-state index contributed by atoms with van der Waals surface area (Å²) in [5.41, 5.74) is 0.393. The normalized spacial score (nSPS) is 17.0. The van der Waals surface area contributed by atoms with Crippen molar-refractivity contribution in [2.24, 2.45) is 7.05 Å². The topological polar surface area (TPSA) is 89.2 Å². The van der Waals surface area contributed by atoms with E-state index in [1.165, 1.54) is 4.68 Å². The van der Waals surface area contributed by atoms with Crippen LogP contribution in [0.25, 0.3) is 0 Å². The van der Waals surface area contributed by atoms with Crippen molar-refractivity contribution in [3.63, 3.8) is 0 Å². The van der Waals surface area contributed by atoms with Crippen molar-refractivity contribution in [1.29, 1.82) is 0 Å². The summed E-state index contributed by atoms with van der Waals surface area (Å²) in [6.45, 7) is 5.02. The molecule has 0 spiro atoms. The smallest absolute Gasteiger partial charge is 0.343 e. The van der Waals surface area contributed by atoms with E-state index in [-0.39, 0.29) is 36.0 Å². The van der Waals surface area contributed by atoms with Crippen LogP contribution in [0.1, 0.15) is 54.8 Å². The summed E-state index contributed by atoms with van der Waals surface area (Å²) in [6.07, 6.45) is 1.72. The monoisotopic (exact) mass is 385 g/mol. The van der Waals surface area contributed by atoms with E-state index in [0.717, 1.165) is 18.7 Å². The third kappa shape index (κ3) is 4.16. The number of nitrogens with zero attached hydrogens (tertiary/aromatic N) is 4.